The molecule has 3 heterocycles. The summed E-state index contributed by atoms with van der Waals surface area (Å²) in [6, 6.07) is 18.3. The number of rotatable bonds is 9. The summed E-state index contributed by atoms with van der Waals surface area (Å²) in [4.78, 5) is 41.5. The summed E-state index contributed by atoms with van der Waals surface area (Å²) in [6.07, 6.45) is 3.04. The SMILES string of the molecule is C=CCOC(=O)n1nc(NC(=O)c2ccc(CN3CCCC3)cc2)c2oc(C(=O)NC(C)(C)c3ccccc3)cc21. The number of carbonyl (C=O) groups is 3. The Bertz CT molecular complexity index is 1560. The molecule has 2 amide bonds. The smallest absolute Gasteiger partial charge is 0.435 e. The molecule has 2 N–H and O–H groups in total. The second-order valence-corrected chi connectivity index (χ2v) is 10.5. The molecule has 0 unspecified atom stereocenters. The summed E-state index contributed by atoms with van der Waals surface area (Å²) in [6.45, 7) is 10.3. The highest BCUT2D eigenvalue weighted by atomic mass is 16.6. The van der Waals surface area contributed by atoms with Crippen molar-refractivity contribution in [3.8, 4) is 0 Å². The highest BCUT2D eigenvalue weighted by molar-refractivity contribution is 6.08. The van der Waals surface area contributed by atoms with Crippen LogP contribution in [0.1, 0.15) is 58.7 Å². The van der Waals surface area contributed by atoms with Crippen LogP contribution >= 0.6 is 0 Å². The van der Waals surface area contributed by atoms with Crippen molar-refractivity contribution in [2.75, 3.05) is 25.0 Å². The quantitative estimate of drug-likeness (QED) is 0.269. The van der Waals surface area contributed by atoms with Crippen LogP contribution in [0.25, 0.3) is 11.1 Å². The zero-order valence-corrected chi connectivity index (χ0v) is 23.2. The van der Waals surface area contributed by atoms with Crippen molar-refractivity contribution in [3.05, 3.63) is 95.8 Å². The van der Waals surface area contributed by atoms with E-state index in [2.05, 4.69) is 27.2 Å². The minimum Gasteiger partial charge on any atom is -0.445 e. The second-order valence-electron chi connectivity index (χ2n) is 10.5. The lowest BCUT2D eigenvalue weighted by molar-refractivity contribution is 0.0885. The lowest BCUT2D eigenvalue weighted by atomic mass is 9.94. The average Bonchev–Trinajstić information content (AvgIpc) is 3.71. The summed E-state index contributed by atoms with van der Waals surface area (Å²) in [5, 5.41) is 9.89. The minimum absolute atomic E-state index is 0.0111. The molecular formula is C31H33N5O5. The van der Waals surface area contributed by atoms with Gasteiger partial charge in [-0.3, -0.25) is 14.5 Å². The van der Waals surface area contributed by atoms with Crippen LogP contribution < -0.4 is 10.6 Å². The van der Waals surface area contributed by atoms with Gasteiger partial charge in [0.05, 0.1) is 5.54 Å². The van der Waals surface area contributed by atoms with Gasteiger partial charge >= 0.3 is 6.09 Å². The van der Waals surface area contributed by atoms with Crippen LogP contribution in [0.2, 0.25) is 0 Å². The summed E-state index contributed by atoms with van der Waals surface area (Å²) in [5.41, 5.74) is 1.99. The lowest BCUT2D eigenvalue weighted by Gasteiger charge is -2.26. The van der Waals surface area contributed by atoms with E-state index >= 15 is 0 Å². The van der Waals surface area contributed by atoms with Gasteiger partial charge < -0.3 is 19.8 Å². The van der Waals surface area contributed by atoms with Crippen LogP contribution in [0, 0.1) is 0 Å². The van der Waals surface area contributed by atoms with Gasteiger partial charge in [-0.15, -0.1) is 5.10 Å². The van der Waals surface area contributed by atoms with Crippen molar-refractivity contribution in [3.63, 3.8) is 0 Å². The third-order valence-corrected chi connectivity index (χ3v) is 7.05. The Hall–Kier alpha value is -4.70. The highest BCUT2D eigenvalue weighted by Crippen LogP contribution is 2.29. The van der Waals surface area contributed by atoms with E-state index in [1.165, 1.54) is 25.0 Å². The van der Waals surface area contributed by atoms with E-state index in [0.717, 1.165) is 35.4 Å². The lowest BCUT2D eigenvalue weighted by Crippen LogP contribution is -2.40. The Morgan fingerprint density at radius 3 is 2.44 bits per heavy atom. The molecule has 10 nitrogen and oxygen atoms in total. The molecule has 41 heavy (non-hydrogen) atoms. The molecule has 0 atom stereocenters. The number of aromatic nitrogens is 2. The number of amides is 2. The molecule has 0 radical (unpaired) electrons. The molecule has 0 spiro atoms. The predicted molar refractivity (Wildman–Crippen MR) is 155 cm³/mol. The van der Waals surface area contributed by atoms with Crippen molar-refractivity contribution in [1.82, 2.24) is 20.0 Å². The van der Waals surface area contributed by atoms with Gasteiger partial charge in [-0.25, -0.2) is 4.79 Å². The highest BCUT2D eigenvalue weighted by Gasteiger charge is 2.28. The van der Waals surface area contributed by atoms with Crippen LogP contribution in [0.3, 0.4) is 0 Å². The van der Waals surface area contributed by atoms with E-state index in [9.17, 15) is 14.4 Å². The molecule has 212 valence electrons. The number of nitrogens with one attached hydrogen (secondary N) is 2. The van der Waals surface area contributed by atoms with Crippen molar-refractivity contribution >= 4 is 34.8 Å². The number of anilines is 1. The summed E-state index contributed by atoms with van der Waals surface area (Å²) < 4.78 is 12.0. The van der Waals surface area contributed by atoms with Crippen molar-refractivity contribution in [2.24, 2.45) is 0 Å². The number of benzene rings is 2. The molecular weight excluding hydrogens is 522 g/mol. The maximum Gasteiger partial charge on any atom is 0.435 e. The number of hydrogen-bond donors (Lipinski definition) is 2. The zero-order valence-electron chi connectivity index (χ0n) is 23.2. The number of ether oxygens (including phenoxy) is 1. The molecule has 1 aliphatic rings. The Morgan fingerprint density at radius 1 is 1.05 bits per heavy atom. The van der Waals surface area contributed by atoms with Crippen LogP contribution in [-0.2, 0) is 16.8 Å². The van der Waals surface area contributed by atoms with Gasteiger partial charge in [-0.2, -0.15) is 4.68 Å². The Balaban J connectivity index is 1.39. The van der Waals surface area contributed by atoms with Crippen LogP contribution in [0.4, 0.5) is 10.6 Å². The number of furan rings is 1. The van der Waals surface area contributed by atoms with Gasteiger partial charge in [0.1, 0.15) is 12.1 Å². The Labute approximate surface area is 238 Å². The average molecular weight is 556 g/mol. The number of fused-ring (bicyclic) bond motifs is 1. The number of nitrogens with zero attached hydrogens (tertiary/aromatic N) is 3. The first-order chi connectivity index (χ1) is 19.7. The maximum atomic E-state index is 13.2. The topological polar surface area (TPSA) is 119 Å². The van der Waals surface area contributed by atoms with Gasteiger partial charge in [-0.1, -0.05) is 55.1 Å². The van der Waals surface area contributed by atoms with Crippen LogP contribution in [0.5, 0.6) is 0 Å². The second kappa shape index (κ2) is 11.8. The summed E-state index contributed by atoms with van der Waals surface area (Å²) in [7, 11) is 0. The first kappa shape index (κ1) is 27.9. The van der Waals surface area contributed by atoms with E-state index < -0.39 is 23.4 Å². The first-order valence-electron chi connectivity index (χ1n) is 13.6. The number of hydrogen-bond acceptors (Lipinski definition) is 7. The van der Waals surface area contributed by atoms with Gasteiger partial charge in [0, 0.05) is 18.2 Å². The zero-order chi connectivity index (χ0) is 29.0. The largest absolute Gasteiger partial charge is 0.445 e. The molecule has 5 rings (SSSR count). The molecule has 2 aromatic carbocycles. The standard InChI is InChI=1S/C31H33N5O5/c1-4-18-40-30(39)36-24-19-25(29(38)33-31(2,3)23-10-6-5-7-11-23)41-26(24)27(34-36)32-28(37)22-14-12-21(13-15-22)20-35-16-8-9-17-35/h4-7,10-15,19H,1,8-9,16-18,20H2,2-3H3,(H,33,38)(H,32,34,37). The van der Waals surface area contributed by atoms with Crippen molar-refractivity contribution < 1.29 is 23.5 Å². The monoisotopic (exact) mass is 555 g/mol. The molecule has 0 bridgehead atoms. The fraction of sp³-hybridized carbons (Fsp3) is 0.290. The molecule has 1 aliphatic heterocycles. The normalized spacial score (nSPS) is 13.7. The van der Waals surface area contributed by atoms with E-state index in [0.29, 0.717) is 5.56 Å². The third-order valence-electron chi connectivity index (χ3n) is 7.05. The molecule has 10 heteroatoms. The summed E-state index contributed by atoms with van der Waals surface area (Å²) in [5.74, 6) is -0.986. The molecule has 4 aromatic rings. The molecule has 0 saturated carbocycles. The predicted octanol–water partition coefficient (Wildman–Crippen LogP) is 5.31. The maximum absolute atomic E-state index is 13.2. The van der Waals surface area contributed by atoms with Gasteiger partial charge in [0.15, 0.2) is 17.2 Å². The van der Waals surface area contributed by atoms with Crippen molar-refractivity contribution in [1.29, 1.82) is 0 Å². The van der Waals surface area contributed by atoms with Crippen LogP contribution in [-0.4, -0.2) is 52.3 Å². The molecule has 0 aliphatic carbocycles. The molecule has 1 fully saturated rings. The van der Waals surface area contributed by atoms with E-state index in [1.807, 2.05) is 56.3 Å². The number of likely N-dealkylation sites (tertiary alicyclic amines) is 1. The Morgan fingerprint density at radius 2 is 1.76 bits per heavy atom. The van der Waals surface area contributed by atoms with E-state index in [-0.39, 0.29) is 29.3 Å². The number of carbonyl (C=O) groups excluding carboxylic acids is 3. The van der Waals surface area contributed by atoms with E-state index in [4.69, 9.17) is 9.15 Å². The molecule has 1 saturated heterocycles. The fourth-order valence-electron chi connectivity index (χ4n) is 4.84. The van der Waals surface area contributed by atoms with Crippen molar-refractivity contribution in [2.45, 2.75) is 38.8 Å². The van der Waals surface area contributed by atoms with Gasteiger partial charge in [0.25, 0.3) is 11.8 Å². The Kier molecular flexibility index (Phi) is 8.02. The third kappa shape index (κ3) is 6.22. The van der Waals surface area contributed by atoms with Gasteiger partial charge in [0.2, 0.25) is 0 Å². The van der Waals surface area contributed by atoms with Crippen LogP contribution in [0.15, 0.2) is 77.7 Å². The first-order valence-corrected chi connectivity index (χ1v) is 13.6. The minimum atomic E-state index is -0.806. The van der Waals surface area contributed by atoms with E-state index in [1.54, 1.807) is 12.1 Å². The summed E-state index contributed by atoms with van der Waals surface area (Å²) >= 11 is 0. The molecule has 2 aromatic heterocycles. The fourth-order valence-corrected chi connectivity index (χ4v) is 4.84. The van der Waals surface area contributed by atoms with Gasteiger partial charge in [-0.05, 0) is 63.0 Å².